The number of rotatable bonds is 5. The first kappa shape index (κ1) is 13.6. The first-order valence-electron chi connectivity index (χ1n) is 6.58. The highest BCUT2D eigenvalue weighted by molar-refractivity contribution is 5.54. The average molecular weight is 258 g/mol. The van der Waals surface area contributed by atoms with Crippen molar-refractivity contribution < 1.29 is 0 Å². The molecule has 102 valence electrons. The molecule has 0 unspecified atom stereocenters. The predicted molar refractivity (Wildman–Crippen MR) is 79.3 cm³/mol. The van der Waals surface area contributed by atoms with Crippen LogP contribution in [-0.2, 0) is 20.0 Å². The van der Waals surface area contributed by atoms with Crippen molar-refractivity contribution in [3.63, 3.8) is 0 Å². The van der Waals surface area contributed by atoms with Gasteiger partial charge in [0.05, 0.1) is 6.54 Å². The van der Waals surface area contributed by atoms with Crippen LogP contribution in [0.15, 0.2) is 30.6 Å². The van der Waals surface area contributed by atoms with Crippen molar-refractivity contribution in [3.8, 4) is 0 Å². The normalized spacial score (nSPS) is 10.7. The Kier molecular flexibility index (Phi) is 4.22. The first-order valence-corrected chi connectivity index (χ1v) is 6.58. The maximum atomic E-state index is 5.59. The van der Waals surface area contributed by atoms with E-state index in [1.54, 1.807) is 0 Å². The molecule has 0 radical (unpaired) electrons. The largest absolute Gasteiger partial charge is 0.367 e. The van der Waals surface area contributed by atoms with Gasteiger partial charge in [0, 0.05) is 32.2 Å². The highest BCUT2D eigenvalue weighted by Crippen LogP contribution is 2.21. The molecule has 0 bridgehead atoms. The van der Waals surface area contributed by atoms with Crippen LogP contribution in [0, 0.1) is 6.92 Å². The van der Waals surface area contributed by atoms with Crippen molar-refractivity contribution in [1.29, 1.82) is 0 Å². The van der Waals surface area contributed by atoms with E-state index in [-0.39, 0.29) is 0 Å². The van der Waals surface area contributed by atoms with E-state index >= 15 is 0 Å². The molecule has 0 spiro atoms. The fourth-order valence-corrected chi connectivity index (χ4v) is 2.31. The summed E-state index contributed by atoms with van der Waals surface area (Å²) in [6.07, 6.45) is 4.74. The van der Waals surface area contributed by atoms with E-state index in [0.717, 1.165) is 18.8 Å². The number of hydrogen-bond acceptors (Lipinski definition) is 3. The van der Waals surface area contributed by atoms with Gasteiger partial charge >= 0.3 is 0 Å². The van der Waals surface area contributed by atoms with E-state index in [4.69, 9.17) is 5.73 Å². The summed E-state index contributed by atoms with van der Waals surface area (Å²) in [6.45, 7) is 3.65. The van der Waals surface area contributed by atoms with Gasteiger partial charge in [0.15, 0.2) is 0 Å². The van der Waals surface area contributed by atoms with Crippen LogP contribution in [0.2, 0.25) is 0 Å². The maximum absolute atomic E-state index is 5.59. The third-order valence-electron chi connectivity index (χ3n) is 3.41. The number of nitrogens with zero attached hydrogens (tertiary/aromatic N) is 3. The van der Waals surface area contributed by atoms with Gasteiger partial charge in [0.25, 0.3) is 0 Å². The van der Waals surface area contributed by atoms with E-state index in [1.807, 2.05) is 19.4 Å². The average Bonchev–Trinajstić information content (AvgIpc) is 2.75. The highest BCUT2D eigenvalue weighted by Gasteiger charge is 2.08. The van der Waals surface area contributed by atoms with Crippen LogP contribution >= 0.6 is 0 Å². The van der Waals surface area contributed by atoms with Gasteiger partial charge in [-0.15, -0.1) is 0 Å². The summed E-state index contributed by atoms with van der Waals surface area (Å²) < 4.78 is 2.05. The second kappa shape index (κ2) is 5.89. The molecule has 0 saturated heterocycles. The number of aromatic nitrogens is 2. The van der Waals surface area contributed by atoms with Crippen molar-refractivity contribution in [2.45, 2.75) is 19.9 Å². The topological polar surface area (TPSA) is 47.1 Å². The standard InChI is InChI=1S/C15H22N4/c1-12-10-13(6-7-16)4-5-14(12)19(3)11-15-17-8-9-18(15)2/h4-5,8-10H,6-7,11,16H2,1-3H3. The number of aryl methyl sites for hydroxylation is 2. The number of hydrogen-bond donors (Lipinski definition) is 1. The molecule has 0 aliphatic rings. The lowest BCUT2D eigenvalue weighted by Gasteiger charge is -2.21. The zero-order valence-corrected chi connectivity index (χ0v) is 11.9. The minimum atomic E-state index is 0.696. The van der Waals surface area contributed by atoms with Gasteiger partial charge in [-0.05, 0) is 37.1 Å². The van der Waals surface area contributed by atoms with Crippen LogP contribution in [0.4, 0.5) is 5.69 Å². The smallest absolute Gasteiger partial charge is 0.127 e. The zero-order valence-electron chi connectivity index (χ0n) is 11.9. The lowest BCUT2D eigenvalue weighted by atomic mass is 10.1. The van der Waals surface area contributed by atoms with E-state index in [9.17, 15) is 0 Å². The van der Waals surface area contributed by atoms with Crippen LogP contribution in [0.5, 0.6) is 0 Å². The molecule has 2 aromatic rings. The fraction of sp³-hybridized carbons (Fsp3) is 0.400. The Morgan fingerprint density at radius 1 is 1.37 bits per heavy atom. The molecule has 0 atom stereocenters. The highest BCUT2D eigenvalue weighted by atomic mass is 15.2. The number of nitrogens with two attached hydrogens (primary N) is 1. The summed E-state index contributed by atoms with van der Waals surface area (Å²) in [7, 11) is 4.12. The van der Waals surface area contributed by atoms with Crippen LogP contribution in [0.1, 0.15) is 17.0 Å². The maximum Gasteiger partial charge on any atom is 0.127 e. The van der Waals surface area contributed by atoms with Crippen molar-refractivity contribution in [2.24, 2.45) is 12.8 Å². The Hall–Kier alpha value is -1.81. The molecule has 0 amide bonds. The van der Waals surface area contributed by atoms with E-state index < -0.39 is 0 Å². The molecular weight excluding hydrogens is 236 g/mol. The Labute approximate surface area is 114 Å². The number of imidazole rings is 1. The van der Waals surface area contributed by atoms with Crippen LogP contribution < -0.4 is 10.6 Å². The Bertz CT molecular complexity index is 545. The third kappa shape index (κ3) is 3.15. The van der Waals surface area contributed by atoms with E-state index in [2.05, 4.69) is 46.6 Å². The molecule has 1 aromatic carbocycles. The monoisotopic (exact) mass is 258 g/mol. The summed E-state index contributed by atoms with van der Waals surface area (Å²) >= 11 is 0. The minimum Gasteiger partial charge on any atom is -0.367 e. The van der Waals surface area contributed by atoms with Crippen molar-refractivity contribution in [1.82, 2.24) is 9.55 Å². The summed E-state index contributed by atoms with van der Waals surface area (Å²) in [6, 6.07) is 6.55. The van der Waals surface area contributed by atoms with Gasteiger partial charge in [0.1, 0.15) is 5.82 Å². The van der Waals surface area contributed by atoms with E-state index in [1.165, 1.54) is 16.8 Å². The molecule has 2 rings (SSSR count). The molecule has 1 aromatic heterocycles. The van der Waals surface area contributed by atoms with Gasteiger partial charge < -0.3 is 15.2 Å². The molecule has 2 N–H and O–H groups in total. The molecule has 4 heteroatoms. The summed E-state index contributed by atoms with van der Waals surface area (Å²) in [5.41, 5.74) is 9.41. The van der Waals surface area contributed by atoms with Gasteiger partial charge in [0.2, 0.25) is 0 Å². The van der Waals surface area contributed by atoms with Gasteiger partial charge in [-0.3, -0.25) is 0 Å². The number of anilines is 1. The Morgan fingerprint density at radius 2 is 2.16 bits per heavy atom. The van der Waals surface area contributed by atoms with Gasteiger partial charge in [-0.1, -0.05) is 12.1 Å². The molecular formula is C15H22N4. The van der Waals surface area contributed by atoms with Gasteiger partial charge in [-0.2, -0.15) is 0 Å². The number of benzene rings is 1. The van der Waals surface area contributed by atoms with Gasteiger partial charge in [-0.25, -0.2) is 4.98 Å². The lowest BCUT2D eigenvalue weighted by molar-refractivity contribution is 0.760. The summed E-state index contributed by atoms with van der Waals surface area (Å²) in [5, 5.41) is 0. The van der Waals surface area contributed by atoms with Crippen molar-refractivity contribution in [3.05, 3.63) is 47.5 Å². The SMILES string of the molecule is Cc1cc(CCN)ccc1N(C)Cc1nccn1C. The zero-order chi connectivity index (χ0) is 13.8. The molecule has 0 saturated carbocycles. The van der Waals surface area contributed by atoms with Crippen molar-refractivity contribution >= 4 is 5.69 Å². The lowest BCUT2D eigenvalue weighted by Crippen LogP contribution is -2.20. The first-order chi connectivity index (χ1) is 9.11. The second-order valence-electron chi connectivity index (χ2n) is 4.97. The fourth-order valence-electron chi connectivity index (χ4n) is 2.31. The van der Waals surface area contributed by atoms with E-state index in [0.29, 0.717) is 6.54 Å². The molecule has 0 fully saturated rings. The van der Waals surface area contributed by atoms with Crippen LogP contribution in [0.3, 0.4) is 0 Å². The minimum absolute atomic E-state index is 0.696. The van der Waals surface area contributed by atoms with Crippen LogP contribution in [0.25, 0.3) is 0 Å². The molecule has 0 aliphatic heterocycles. The molecule has 4 nitrogen and oxygen atoms in total. The summed E-state index contributed by atoms with van der Waals surface area (Å²) in [5.74, 6) is 1.06. The predicted octanol–water partition coefficient (Wildman–Crippen LogP) is 1.87. The third-order valence-corrected chi connectivity index (χ3v) is 3.41. The Balaban J connectivity index is 2.15. The second-order valence-corrected chi connectivity index (χ2v) is 4.97. The molecule has 1 heterocycles. The molecule has 19 heavy (non-hydrogen) atoms. The molecule has 0 aliphatic carbocycles. The van der Waals surface area contributed by atoms with Crippen LogP contribution in [-0.4, -0.2) is 23.1 Å². The van der Waals surface area contributed by atoms with Crippen molar-refractivity contribution in [2.75, 3.05) is 18.5 Å². The summed E-state index contributed by atoms with van der Waals surface area (Å²) in [4.78, 5) is 6.59. The quantitative estimate of drug-likeness (QED) is 0.890. The Morgan fingerprint density at radius 3 is 2.74 bits per heavy atom.